The fourth-order valence-corrected chi connectivity index (χ4v) is 3.43. The summed E-state index contributed by atoms with van der Waals surface area (Å²) in [4.78, 5) is 18.5. The second kappa shape index (κ2) is 10.2. The Balaban J connectivity index is 1.43. The number of hydrogen-bond acceptors (Lipinski definition) is 5. The molecule has 156 valence electrons. The molecule has 1 aliphatic heterocycles. The van der Waals surface area contributed by atoms with Gasteiger partial charge in [0.15, 0.2) is 0 Å². The van der Waals surface area contributed by atoms with Gasteiger partial charge in [-0.1, -0.05) is 35.6 Å². The topological polar surface area (TPSA) is 51.7 Å². The molecule has 2 aromatic carbocycles. The minimum atomic E-state index is -0.473. The van der Waals surface area contributed by atoms with Gasteiger partial charge >= 0.3 is 5.97 Å². The van der Waals surface area contributed by atoms with Gasteiger partial charge in [-0.3, -0.25) is 9.88 Å². The van der Waals surface area contributed by atoms with E-state index >= 15 is 0 Å². The minimum absolute atomic E-state index is 0.347. The zero-order valence-corrected chi connectivity index (χ0v) is 17.6. The molecule has 0 bridgehead atoms. The van der Waals surface area contributed by atoms with Crippen LogP contribution in [0.3, 0.4) is 0 Å². The maximum Gasteiger partial charge on any atom is 0.343 e. The summed E-state index contributed by atoms with van der Waals surface area (Å²) in [5.41, 5.74) is 3.24. The number of esters is 1. The second-order valence-electron chi connectivity index (χ2n) is 7.14. The SMILES string of the molecule is O=C(Oc1cc(Cl)cc(C#Cc2ccc(CN3CCOCC3)cc2)c1)c1ccncc1. The van der Waals surface area contributed by atoms with Crippen molar-refractivity contribution < 1.29 is 14.3 Å². The van der Waals surface area contributed by atoms with Crippen LogP contribution >= 0.6 is 11.6 Å². The van der Waals surface area contributed by atoms with Crippen LogP contribution in [0.4, 0.5) is 0 Å². The van der Waals surface area contributed by atoms with Crippen LogP contribution in [0.1, 0.15) is 27.0 Å². The number of hydrogen-bond donors (Lipinski definition) is 0. The third kappa shape index (κ3) is 6.16. The molecule has 31 heavy (non-hydrogen) atoms. The summed E-state index contributed by atoms with van der Waals surface area (Å²) in [5.74, 6) is 6.11. The molecule has 0 radical (unpaired) electrons. The van der Waals surface area contributed by atoms with Gasteiger partial charge < -0.3 is 9.47 Å². The fourth-order valence-electron chi connectivity index (χ4n) is 3.20. The molecule has 0 amide bonds. The third-order valence-electron chi connectivity index (χ3n) is 4.81. The number of aromatic nitrogens is 1. The number of halogens is 1. The molecule has 1 fully saturated rings. The van der Waals surface area contributed by atoms with Gasteiger partial charge in [0, 0.05) is 48.2 Å². The maximum atomic E-state index is 12.3. The molecule has 6 heteroatoms. The van der Waals surface area contributed by atoms with E-state index in [0.29, 0.717) is 21.9 Å². The van der Waals surface area contributed by atoms with Crippen LogP contribution in [0, 0.1) is 11.8 Å². The van der Waals surface area contributed by atoms with Crippen LogP contribution in [0.5, 0.6) is 5.75 Å². The Kier molecular flexibility index (Phi) is 6.96. The number of carbonyl (C=O) groups is 1. The highest BCUT2D eigenvalue weighted by molar-refractivity contribution is 6.30. The first-order valence-corrected chi connectivity index (χ1v) is 10.4. The van der Waals surface area contributed by atoms with E-state index in [4.69, 9.17) is 21.1 Å². The van der Waals surface area contributed by atoms with Crippen molar-refractivity contribution in [1.29, 1.82) is 0 Å². The normalized spacial score (nSPS) is 13.8. The van der Waals surface area contributed by atoms with Crippen molar-refractivity contribution in [3.8, 4) is 17.6 Å². The highest BCUT2D eigenvalue weighted by Crippen LogP contribution is 2.22. The van der Waals surface area contributed by atoms with E-state index in [1.54, 1.807) is 30.3 Å². The van der Waals surface area contributed by atoms with Crippen LogP contribution in [0.15, 0.2) is 67.0 Å². The van der Waals surface area contributed by atoms with E-state index in [-0.39, 0.29) is 0 Å². The molecule has 0 unspecified atom stereocenters. The summed E-state index contributed by atoms with van der Waals surface area (Å²) in [6.07, 6.45) is 3.08. The van der Waals surface area contributed by atoms with Crippen LogP contribution < -0.4 is 4.74 Å². The minimum Gasteiger partial charge on any atom is -0.423 e. The van der Waals surface area contributed by atoms with Crippen molar-refractivity contribution in [3.05, 3.63) is 94.3 Å². The molecule has 0 aliphatic carbocycles. The summed E-state index contributed by atoms with van der Waals surface area (Å²) in [7, 11) is 0. The number of morpholine rings is 1. The molecule has 4 rings (SSSR count). The van der Waals surface area contributed by atoms with Crippen molar-refractivity contribution in [3.63, 3.8) is 0 Å². The van der Waals surface area contributed by atoms with Crippen molar-refractivity contribution in [2.75, 3.05) is 26.3 Å². The lowest BCUT2D eigenvalue weighted by atomic mass is 10.1. The van der Waals surface area contributed by atoms with Crippen molar-refractivity contribution >= 4 is 17.6 Å². The lowest BCUT2D eigenvalue weighted by Gasteiger charge is -2.26. The number of carbonyl (C=O) groups excluding carboxylic acids is 1. The molecule has 0 saturated carbocycles. The Bertz CT molecular complexity index is 1100. The molecule has 3 aromatic rings. The molecular weight excluding hydrogens is 412 g/mol. The van der Waals surface area contributed by atoms with Gasteiger partial charge in [-0.05, 0) is 48.0 Å². The Morgan fingerprint density at radius 3 is 2.45 bits per heavy atom. The van der Waals surface area contributed by atoms with E-state index in [1.165, 1.54) is 18.0 Å². The quantitative estimate of drug-likeness (QED) is 0.351. The largest absolute Gasteiger partial charge is 0.423 e. The third-order valence-corrected chi connectivity index (χ3v) is 5.03. The molecule has 1 aliphatic rings. The van der Waals surface area contributed by atoms with Crippen LogP contribution in [-0.4, -0.2) is 42.2 Å². The van der Waals surface area contributed by atoms with Crippen molar-refractivity contribution in [2.45, 2.75) is 6.54 Å². The monoisotopic (exact) mass is 432 g/mol. The Morgan fingerprint density at radius 1 is 1.00 bits per heavy atom. The number of pyridine rings is 1. The fraction of sp³-hybridized carbons (Fsp3) is 0.200. The number of ether oxygens (including phenoxy) is 2. The number of benzene rings is 2. The number of nitrogens with zero attached hydrogens (tertiary/aromatic N) is 2. The average Bonchev–Trinajstić information content (AvgIpc) is 2.79. The molecule has 5 nitrogen and oxygen atoms in total. The zero-order valence-electron chi connectivity index (χ0n) is 16.9. The Hall–Kier alpha value is -3.17. The molecular formula is C25H21ClN2O3. The Morgan fingerprint density at radius 2 is 1.71 bits per heavy atom. The smallest absolute Gasteiger partial charge is 0.343 e. The van der Waals surface area contributed by atoms with Crippen LogP contribution in [0.25, 0.3) is 0 Å². The van der Waals surface area contributed by atoms with Gasteiger partial charge in [-0.25, -0.2) is 4.79 Å². The van der Waals surface area contributed by atoms with Crippen LogP contribution in [0.2, 0.25) is 5.02 Å². The van der Waals surface area contributed by atoms with E-state index in [9.17, 15) is 4.79 Å². The summed E-state index contributed by atoms with van der Waals surface area (Å²) in [5, 5.41) is 0.449. The van der Waals surface area contributed by atoms with Gasteiger partial charge in [0.25, 0.3) is 0 Å². The summed E-state index contributed by atoms with van der Waals surface area (Å²) in [6, 6.07) is 16.4. The van der Waals surface area contributed by atoms with E-state index in [2.05, 4.69) is 33.9 Å². The summed E-state index contributed by atoms with van der Waals surface area (Å²) >= 11 is 6.19. The molecule has 0 N–H and O–H groups in total. The van der Waals surface area contributed by atoms with Crippen LogP contribution in [-0.2, 0) is 11.3 Å². The number of rotatable bonds is 4. The lowest BCUT2D eigenvalue weighted by Crippen LogP contribution is -2.35. The lowest BCUT2D eigenvalue weighted by molar-refractivity contribution is 0.0342. The maximum absolute atomic E-state index is 12.3. The Labute approximate surface area is 186 Å². The van der Waals surface area contributed by atoms with E-state index in [0.717, 1.165) is 38.4 Å². The average molecular weight is 433 g/mol. The first-order chi connectivity index (χ1) is 15.2. The molecule has 2 heterocycles. The van der Waals surface area contributed by atoms with E-state index in [1.807, 2.05) is 12.1 Å². The highest BCUT2D eigenvalue weighted by atomic mass is 35.5. The molecule has 0 atom stereocenters. The molecule has 0 spiro atoms. The van der Waals surface area contributed by atoms with Crippen molar-refractivity contribution in [2.24, 2.45) is 0 Å². The van der Waals surface area contributed by atoms with Gasteiger partial charge in [0.1, 0.15) is 5.75 Å². The van der Waals surface area contributed by atoms with E-state index < -0.39 is 5.97 Å². The zero-order chi connectivity index (χ0) is 21.5. The van der Waals surface area contributed by atoms with Gasteiger partial charge in [-0.15, -0.1) is 0 Å². The first-order valence-electron chi connectivity index (χ1n) is 9.99. The van der Waals surface area contributed by atoms with Gasteiger partial charge in [0.05, 0.1) is 18.8 Å². The predicted octanol–water partition coefficient (Wildman–Crippen LogP) is 4.19. The standard InChI is InChI=1S/C25H21ClN2O3/c26-23-15-21(16-24(17-23)31-25(29)22-7-9-27-10-8-22)6-3-19-1-4-20(5-2-19)18-28-11-13-30-14-12-28/h1-2,4-5,7-10,15-17H,11-14,18H2. The molecule has 1 saturated heterocycles. The van der Waals surface area contributed by atoms with Crippen molar-refractivity contribution in [1.82, 2.24) is 9.88 Å². The first kappa shape index (κ1) is 21.1. The van der Waals surface area contributed by atoms with Gasteiger partial charge in [0.2, 0.25) is 0 Å². The second-order valence-corrected chi connectivity index (χ2v) is 7.57. The summed E-state index contributed by atoms with van der Waals surface area (Å²) in [6.45, 7) is 4.43. The summed E-state index contributed by atoms with van der Waals surface area (Å²) < 4.78 is 10.8. The highest BCUT2D eigenvalue weighted by Gasteiger charge is 2.11. The van der Waals surface area contributed by atoms with Gasteiger partial charge in [-0.2, -0.15) is 0 Å². The molecule has 1 aromatic heterocycles. The predicted molar refractivity (Wildman–Crippen MR) is 119 cm³/mol.